The standard InChI is InChI=1S/C16H24O4/c1-2-14(17)20-16-7-6-12(10-16)9-13(16)11-19-15-5-3-4-8-18-15/h2,12-13,15H,1,3-11H2. The van der Waals surface area contributed by atoms with E-state index in [4.69, 9.17) is 14.2 Å². The fourth-order valence-corrected chi connectivity index (χ4v) is 4.03. The zero-order chi connectivity index (χ0) is 14.0. The Morgan fingerprint density at radius 1 is 1.40 bits per heavy atom. The maximum Gasteiger partial charge on any atom is 0.330 e. The molecule has 20 heavy (non-hydrogen) atoms. The molecule has 1 aliphatic heterocycles. The highest BCUT2D eigenvalue weighted by molar-refractivity contribution is 5.81. The Morgan fingerprint density at radius 3 is 3.00 bits per heavy atom. The van der Waals surface area contributed by atoms with Crippen LogP contribution in [0.5, 0.6) is 0 Å². The number of carbonyl (C=O) groups is 1. The van der Waals surface area contributed by atoms with Crippen molar-refractivity contribution in [2.45, 2.75) is 56.8 Å². The highest BCUT2D eigenvalue weighted by atomic mass is 16.7. The SMILES string of the molecule is C=CC(=O)OC12CCC(CC1COC1CCCCO1)C2. The van der Waals surface area contributed by atoms with E-state index in [1.54, 1.807) is 0 Å². The van der Waals surface area contributed by atoms with E-state index in [2.05, 4.69) is 6.58 Å². The molecule has 0 radical (unpaired) electrons. The van der Waals surface area contributed by atoms with Gasteiger partial charge in [0.05, 0.1) is 6.61 Å². The molecule has 4 unspecified atom stereocenters. The summed E-state index contributed by atoms with van der Waals surface area (Å²) in [7, 11) is 0. The van der Waals surface area contributed by atoms with E-state index in [0.717, 1.165) is 38.7 Å². The van der Waals surface area contributed by atoms with Crippen LogP contribution < -0.4 is 0 Å². The van der Waals surface area contributed by atoms with E-state index in [9.17, 15) is 4.79 Å². The third-order valence-corrected chi connectivity index (χ3v) is 5.06. The molecule has 1 heterocycles. The summed E-state index contributed by atoms with van der Waals surface area (Å²) in [5.41, 5.74) is -0.301. The summed E-state index contributed by atoms with van der Waals surface area (Å²) in [4.78, 5) is 11.6. The number of hydrogen-bond donors (Lipinski definition) is 0. The normalized spacial score (nSPS) is 39.7. The van der Waals surface area contributed by atoms with Crippen LogP contribution in [0.4, 0.5) is 0 Å². The first-order chi connectivity index (χ1) is 9.72. The summed E-state index contributed by atoms with van der Waals surface area (Å²) in [5, 5.41) is 0. The predicted octanol–water partition coefficient (Wildman–Crippen LogP) is 2.82. The van der Waals surface area contributed by atoms with Gasteiger partial charge in [-0.1, -0.05) is 6.58 Å². The van der Waals surface area contributed by atoms with Gasteiger partial charge in [-0.3, -0.25) is 0 Å². The lowest BCUT2D eigenvalue weighted by Crippen LogP contribution is -2.41. The van der Waals surface area contributed by atoms with Crippen molar-refractivity contribution in [2.24, 2.45) is 11.8 Å². The first kappa shape index (κ1) is 14.1. The average Bonchev–Trinajstić information content (AvgIpc) is 3.03. The molecule has 0 amide bonds. The van der Waals surface area contributed by atoms with Gasteiger partial charge in [0.2, 0.25) is 0 Å². The van der Waals surface area contributed by atoms with Gasteiger partial charge >= 0.3 is 5.97 Å². The van der Waals surface area contributed by atoms with Crippen LogP contribution in [0.3, 0.4) is 0 Å². The van der Waals surface area contributed by atoms with Gasteiger partial charge in [-0.05, 0) is 50.9 Å². The van der Waals surface area contributed by atoms with Crippen molar-refractivity contribution < 1.29 is 19.0 Å². The Balaban J connectivity index is 1.57. The van der Waals surface area contributed by atoms with Crippen molar-refractivity contribution >= 4 is 5.97 Å². The van der Waals surface area contributed by atoms with Crippen molar-refractivity contribution in [1.82, 2.24) is 0 Å². The molecule has 2 saturated carbocycles. The summed E-state index contributed by atoms with van der Waals surface area (Å²) in [6.45, 7) is 4.94. The molecule has 0 spiro atoms. The molecule has 3 aliphatic rings. The molecular weight excluding hydrogens is 256 g/mol. The molecule has 0 aromatic heterocycles. The second kappa shape index (κ2) is 5.86. The largest absolute Gasteiger partial charge is 0.456 e. The Morgan fingerprint density at radius 2 is 2.30 bits per heavy atom. The van der Waals surface area contributed by atoms with Crippen LogP contribution in [-0.2, 0) is 19.0 Å². The number of carbonyl (C=O) groups excluding carboxylic acids is 1. The van der Waals surface area contributed by atoms with Crippen LogP contribution in [0, 0.1) is 11.8 Å². The quantitative estimate of drug-likeness (QED) is 0.574. The molecule has 4 atom stereocenters. The number of fused-ring (bicyclic) bond motifs is 2. The van der Waals surface area contributed by atoms with Gasteiger partial charge in [-0.25, -0.2) is 4.79 Å². The van der Waals surface area contributed by atoms with Gasteiger partial charge in [0.1, 0.15) is 5.60 Å². The van der Waals surface area contributed by atoms with Crippen molar-refractivity contribution in [3.63, 3.8) is 0 Å². The monoisotopic (exact) mass is 280 g/mol. The third-order valence-electron chi connectivity index (χ3n) is 5.06. The molecule has 112 valence electrons. The highest BCUT2D eigenvalue weighted by Crippen LogP contribution is 2.53. The minimum atomic E-state index is -0.301. The van der Waals surface area contributed by atoms with Gasteiger partial charge in [-0.2, -0.15) is 0 Å². The number of hydrogen-bond acceptors (Lipinski definition) is 4. The average molecular weight is 280 g/mol. The lowest BCUT2D eigenvalue weighted by molar-refractivity contribution is -0.187. The summed E-state index contributed by atoms with van der Waals surface area (Å²) >= 11 is 0. The fraction of sp³-hybridized carbons (Fsp3) is 0.812. The van der Waals surface area contributed by atoms with Crippen LogP contribution in [0.25, 0.3) is 0 Å². The number of ether oxygens (including phenoxy) is 3. The zero-order valence-corrected chi connectivity index (χ0v) is 12.0. The van der Waals surface area contributed by atoms with Gasteiger partial charge in [0.25, 0.3) is 0 Å². The number of rotatable bonds is 5. The first-order valence-electron chi connectivity index (χ1n) is 7.80. The lowest BCUT2D eigenvalue weighted by Gasteiger charge is -2.35. The smallest absolute Gasteiger partial charge is 0.330 e. The Labute approximate surface area is 120 Å². The summed E-state index contributed by atoms with van der Waals surface area (Å²) in [6, 6.07) is 0. The molecule has 2 aliphatic carbocycles. The van der Waals surface area contributed by atoms with Crippen LogP contribution in [-0.4, -0.2) is 31.1 Å². The van der Waals surface area contributed by atoms with Gasteiger partial charge in [0.15, 0.2) is 6.29 Å². The second-order valence-electron chi connectivity index (χ2n) is 6.36. The molecule has 0 aromatic rings. The molecule has 0 N–H and O–H groups in total. The van der Waals surface area contributed by atoms with Crippen LogP contribution in [0.15, 0.2) is 12.7 Å². The second-order valence-corrected chi connectivity index (χ2v) is 6.36. The maximum absolute atomic E-state index is 11.6. The highest BCUT2D eigenvalue weighted by Gasteiger charge is 2.54. The molecule has 4 nitrogen and oxygen atoms in total. The molecule has 3 rings (SSSR count). The van der Waals surface area contributed by atoms with Crippen molar-refractivity contribution in [2.75, 3.05) is 13.2 Å². The van der Waals surface area contributed by atoms with E-state index >= 15 is 0 Å². The molecule has 4 heteroatoms. The third kappa shape index (κ3) is 2.77. The van der Waals surface area contributed by atoms with Gasteiger partial charge in [-0.15, -0.1) is 0 Å². The van der Waals surface area contributed by atoms with E-state index in [-0.39, 0.29) is 17.9 Å². The molecule has 3 fully saturated rings. The van der Waals surface area contributed by atoms with E-state index in [1.165, 1.54) is 18.9 Å². The van der Waals surface area contributed by atoms with E-state index < -0.39 is 0 Å². The maximum atomic E-state index is 11.6. The Hall–Kier alpha value is -0.870. The van der Waals surface area contributed by atoms with Crippen molar-refractivity contribution in [3.05, 3.63) is 12.7 Å². The van der Waals surface area contributed by atoms with Gasteiger partial charge in [0, 0.05) is 18.6 Å². The minimum Gasteiger partial charge on any atom is -0.456 e. The van der Waals surface area contributed by atoms with Crippen molar-refractivity contribution in [3.8, 4) is 0 Å². The fourth-order valence-electron chi connectivity index (χ4n) is 4.03. The summed E-state index contributed by atoms with van der Waals surface area (Å²) < 4.78 is 17.2. The summed E-state index contributed by atoms with van der Waals surface area (Å²) in [6.07, 6.45) is 8.73. The van der Waals surface area contributed by atoms with E-state index in [1.807, 2.05) is 0 Å². The van der Waals surface area contributed by atoms with Crippen LogP contribution in [0.1, 0.15) is 44.9 Å². The molecule has 2 bridgehead atoms. The molecule has 0 aromatic carbocycles. The van der Waals surface area contributed by atoms with Crippen molar-refractivity contribution in [1.29, 1.82) is 0 Å². The lowest BCUT2D eigenvalue weighted by atomic mass is 9.85. The Bertz CT molecular complexity index is 375. The molecular formula is C16H24O4. The van der Waals surface area contributed by atoms with E-state index in [0.29, 0.717) is 18.4 Å². The summed E-state index contributed by atoms with van der Waals surface area (Å²) in [5.74, 6) is 0.704. The van der Waals surface area contributed by atoms with Gasteiger partial charge < -0.3 is 14.2 Å². The first-order valence-corrected chi connectivity index (χ1v) is 7.80. The predicted molar refractivity (Wildman–Crippen MR) is 74.0 cm³/mol. The van der Waals surface area contributed by atoms with Crippen LogP contribution in [0.2, 0.25) is 0 Å². The van der Waals surface area contributed by atoms with Crippen LogP contribution >= 0.6 is 0 Å². The molecule has 1 saturated heterocycles. The Kier molecular flexibility index (Phi) is 4.13. The minimum absolute atomic E-state index is 0.0602. The topological polar surface area (TPSA) is 44.8 Å². The zero-order valence-electron chi connectivity index (χ0n) is 12.0. The number of esters is 1.